The minimum Gasteiger partial charge on any atom is -0.380 e. The van der Waals surface area contributed by atoms with Crippen molar-refractivity contribution in [2.75, 3.05) is 18.9 Å². The maximum Gasteiger partial charge on any atom is 0.250 e. The first-order chi connectivity index (χ1) is 22.2. The quantitative estimate of drug-likeness (QED) is 0.234. The Kier molecular flexibility index (Phi) is 6.88. The van der Waals surface area contributed by atoms with E-state index in [9.17, 15) is 4.79 Å². The van der Waals surface area contributed by atoms with E-state index >= 15 is 4.79 Å². The number of fused-ring (bicyclic) bond motifs is 3. The molecule has 3 unspecified atom stereocenters. The van der Waals surface area contributed by atoms with Crippen molar-refractivity contribution in [2.24, 2.45) is 10.6 Å². The average molecular weight is 691 g/mol. The van der Waals surface area contributed by atoms with Gasteiger partial charge in [-0.3, -0.25) is 14.5 Å². The summed E-state index contributed by atoms with van der Waals surface area (Å²) in [5.74, 6) is -1.69. The third kappa shape index (κ3) is 3.68. The van der Waals surface area contributed by atoms with Gasteiger partial charge >= 0.3 is 0 Å². The Morgan fingerprint density at radius 2 is 1.39 bits per heavy atom. The first-order valence-corrected chi connectivity index (χ1v) is 16.6. The Labute approximate surface area is 286 Å². The number of carbonyl (C=O) groups is 2. The van der Waals surface area contributed by atoms with E-state index in [1.165, 1.54) is 0 Å². The summed E-state index contributed by atoms with van der Waals surface area (Å²) < 4.78 is 0. The van der Waals surface area contributed by atoms with Gasteiger partial charge in [-0.2, -0.15) is 0 Å². The number of rotatable bonds is 3. The van der Waals surface area contributed by atoms with Crippen molar-refractivity contribution in [3.8, 4) is 0 Å². The molecule has 6 nitrogen and oxygen atoms in total. The molecule has 0 bridgehead atoms. The van der Waals surface area contributed by atoms with E-state index in [0.717, 1.165) is 11.1 Å². The molecule has 46 heavy (non-hydrogen) atoms. The smallest absolute Gasteiger partial charge is 0.250 e. The number of carbonyl (C=O) groups excluding carboxylic acids is 2. The first kappa shape index (κ1) is 30.0. The number of ketones is 1. The summed E-state index contributed by atoms with van der Waals surface area (Å²) in [5.41, 5.74) is -0.354. The van der Waals surface area contributed by atoms with Gasteiger partial charge in [-0.25, -0.2) is 0 Å². The van der Waals surface area contributed by atoms with Crippen molar-refractivity contribution < 1.29 is 14.4 Å². The van der Waals surface area contributed by atoms with Crippen molar-refractivity contribution in [1.29, 1.82) is 0 Å². The molecule has 8 rings (SSSR count). The maximum absolute atomic E-state index is 16.0. The molecule has 3 aliphatic heterocycles. The van der Waals surface area contributed by atoms with Crippen LogP contribution in [-0.2, 0) is 20.0 Å². The maximum atomic E-state index is 16.0. The Hall–Kier alpha value is -3.39. The predicted octanol–water partition coefficient (Wildman–Crippen LogP) is 8.48. The number of anilines is 1. The van der Waals surface area contributed by atoms with Gasteiger partial charge in [0.1, 0.15) is 11.3 Å². The number of likely N-dealkylation sites (N-methyl/N-ethyl adjacent to an activating group) is 1. The standard InChI is InChI=1S/C36H27Cl4N3O3/c1-43-19-23(20-9-2-5-12-24(20)37)34(36(43)22-11-4-7-16-28(22)41-33(36)45)17-18-35(32(34)44)30(21-10-3-6-13-25(21)38)31(42-46-35)29-26(39)14-8-15-27(29)40/h2-16,23,30H,17-19H2,1H3,(H,41,45)/t23?,30?,34-,35-,36?/m1/s1. The zero-order valence-electron chi connectivity index (χ0n) is 24.6. The van der Waals surface area contributed by atoms with E-state index in [0.29, 0.717) is 55.6 Å². The van der Waals surface area contributed by atoms with Gasteiger partial charge in [-0.15, -0.1) is 0 Å². The van der Waals surface area contributed by atoms with E-state index in [1.807, 2.05) is 78.7 Å². The molecule has 4 aromatic rings. The molecule has 1 amide bonds. The fourth-order valence-electron chi connectivity index (χ4n) is 8.87. The van der Waals surface area contributed by atoms with Gasteiger partial charge in [-0.05, 0) is 61.3 Å². The fourth-order valence-corrected chi connectivity index (χ4v) is 9.97. The highest BCUT2D eigenvalue weighted by Crippen LogP contribution is 2.71. The third-order valence-electron chi connectivity index (χ3n) is 10.6. The van der Waals surface area contributed by atoms with Gasteiger partial charge in [0.05, 0.1) is 21.4 Å². The summed E-state index contributed by atoms with van der Waals surface area (Å²) in [6.45, 7) is 0.411. The monoisotopic (exact) mass is 689 g/mol. The number of amides is 1. The largest absolute Gasteiger partial charge is 0.380 e. The molecule has 3 spiro atoms. The van der Waals surface area contributed by atoms with Crippen molar-refractivity contribution >= 4 is 69.5 Å². The van der Waals surface area contributed by atoms with Crippen molar-refractivity contribution in [1.82, 2.24) is 4.90 Å². The SMILES string of the molecule is CN1CC(c2ccccc2Cl)[C@@]2(CC[C@]3(ON=C(c4c(Cl)cccc4Cl)C3c3ccccc3Cl)C2=O)C12C(=O)Nc1ccccc12. The van der Waals surface area contributed by atoms with Gasteiger partial charge < -0.3 is 10.2 Å². The highest BCUT2D eigenvalue weighted by molar-refractivity contribution is 6.41. The van der Waals surface area contributed by atoms with Crippen molar-refractivity contribution in [2.45, 2.75) is 35.8 Å². The predicted molar refractivity (Wildman–Crippen MR) is 181 cm³/mol. The number of hydrogen-bond acceptors (Lipinski definition) is 5. The Balaban J connectivity index is 1.40. The first-order valence-electron chi connectivity index (χ1n) is 15.0. The topological polar surface area (TPSA) is 71.0 Å². The van der Waals surface area contributed by atoms with E-state index < -0.39 is 28.4 Å². The van der Waals surface area contributed by atoms with Crippen molar-refractivity contribution in [3.05, 3.63) is 133 Å². The lowest BCUT2D eigenvalue weighted by molar-refractivity contribution is -0.154. The molecule has 4 aliphatic rings. The molecule has 0 radical (unpaired) electrons. The highest BCUT2D eigenvalue weighted by Gasteiger charge is 2.80. The van der Waals surface area contributed by atoms with Crippen LogP contribution in [0.3, 0.4) is 0 Å². The molecule has 0 aromatic heterocycles. The molecule has 1 saturated carbocycles. The van der Waals surface area contributed by atoms with Crippen LogP contribution < -0.4 is 5.32 Å². The van der Waals surface area contributed by atoms with Gasteiger partial charge in [0.2, 0.25) is 5.60 Å². The summed E-state index contributed by atoms with van der Waals surface area (Å²) in [6.07, 6.45) is 0.594. The number of oxime groups is 1. The van der Waals surface area contributed by atoms with E-state index in [4.69, 9.17) is 51.2 Å². The van der Waals surface area contributed by atoms with Crippen LogP contribution in [0.4, 0.5) is 5.69 Å². The second-order valence-electron chi connectivity index (χ2n) is 12.5. The number of Topliss-reactive ketones (excluding diaryl/α,β-unsaturated/α-hetero) is 1. The lowest BCUT2D eigenvalue weighted by atomic mass is 9.58. The molecular formula is C36H27Cl4N3O3. The molecule has 232 valence electrons. The molecular weight excluding hydrogens is 664 g/mol. The second kappa shape index (κ2) is 10.6. The number of benzene rings is 4. The van der Waals surface area contributed by atoms with Gasteiger partial charge in [0.15, 0.2) is 5.78 Å². The average Bonchev–Trinajstić information content (AvgIpc) is 3.73. The molecule has 4 aromatic carbocycles. The lowest BCUT2D eigenvalue weighted by Crippen LogP contribution is -2.60. The normalized spacial score (nSPS) is 29.9. The van der Waals surface area contributed by atoms with Crippen LogP contribution in [-0.4, -0.2) is 41.5 Å². The molecule has 1 aliphatic carbocycles. The number of halogens is 4. The molecule has 1 N–H and O–H groups in total. The van der Waals surface area contributed by atoms with Crippen LogP contribution in [0.1, 0.15) is 46.9 Å². The fraction of sp³-hybridized carbons (Fsp3) is 0.250. The van der Waals surface area contributed by atoms with Crippen LogP contribution in [0, 0.1) is 5.41 Å². The number of nitrogens with zero attached hydrogens (tertiary/aromatic N) is 2. The van der Waals surface area contributed by atoms with Crippen molar-refractivity contribution in [3.63, 3.8) is 0 Å². The summed E-state index contributed by atoms with van der Waals surface area (Å²) in [7, 11) is 1.91. The minimum atomic E-state index is -1.52. The van der Waals surface area contributed by atoms with Gasteiger partial charge in [0, 0.05) is 39.3 Å². The number of nitrogens with one attached hydrogen (secondary N) is 1. The van der Waals surface area contributed by atoms with Crippen LogP contribution in [0.2, 0.25) is 20.1 Å². The van der Waals surface area contributed by atoms with E-state index in [-0.39, 0.29) is 18.1 Å². The number of hydrogen-bond donors (Lipinski definition) is 1. The molecule has 10 heteroatoms. The van der Waals surface area contributed by atoms with Crippen LogP contribution in [0.5, 0.6) is 0 Å². The van der Waals surface area contributed by atoms with Gasteiger partial charge in [-0.1, -0.05) is 112 Å². The van der Waals surface area contributed by atoms with Crippen LogP contribution in [0.15, 0.2) is 96.2 Å². The molecule has 1 saturated heterocycles. The zero-order chi connectivity index (χ0) is 32.0. The molecule has 3 heterocycles. The summed E-state index contributed by atoms with van der Waals surface area (Å²) in [4.78, 5) is 39.0. The number of likely N-dealkylation sites (tertiary alicyclic amines) is 1. The molecule has 5 atom stereocenters. The lowest BCUT2D eigenvalue weighted by Gasteiger charge is -2.44. The Morgan fingerprint density at radius 3 is 2.09 bits per heavy atom. The third-order valence-corrected chi connectivity index (χ3v) is 11.9. The molecule has 2 fully saturated rings. The summed E-state index contributed by atoms with van der Waals surface area (Å²) >= 11 is 27.3. The number of para-hydroxylation sites is 1. The summed E-state index contributed by atoms with van der Waals surface area (Å²) in [5, 5.41) is 9.45. The van der Waals surface area contributed by atoms with E-state index in [2.05, 4.69) is 10.5 Å². The Morgan fingerprint density at radius 1 is 0.783 bits per heavy atom. The van der Waals surface area contributed by atoms with Gasteiger partial charge in [0.25, 0.3) is 5.91 Å². The zero-order valence-corrected chi connectivity index (χ0v) is 27.6. The minimum absolute atomic E-state index is 0.229. The second-order valence-corrected chi connectivity index (χ2v) is 14.1. The Bertz CT molecular complexity index is 1980. The van der Waals surface area contributed by atoms with Crippen LogP contribution >= 0.6 is 46.4 Å². The highest BCUT2D eigenvalue weighted by atomic mass is 35.5. The van der Waals surface area contributed by atoms with Crippen LogP contribution in [0.25, 0.3) is 0 Å². The summed E-state index contributed by atoms with van der Waals surface area (Å²) in [6, 6.07) is 27.7. The van der Waals surface area contributed by atoms with E-state index in [1.54, 1.807) is 24.3 Å².